The van der Waals surface area contributed by atoms with Crippen LogP contribution in [0, 0.1) is 5.92 Å². The van der Waals surface area contributed by atoms with E-state index >= 15 is 0 Å². The van der Waals surface area contributed by atoms with Crippen molar-refractivity contribution in [2.75, 3.05) is 20.2 Å². The van der Waals surface area contributed by atoms with Crippen molar-refractivity contribution in [3.05, 3.63) is 40.0 Å². The Hall–Kier alpha value is -1.63. The molecule has 0 saturated carbocycles. The zero-order valence-electron chi connectivity index (χ0n) is 15.1. The Labute approximate surface area is 161 Å². The molecule has 0 saturated heterocycles. The van der Waals surface area contributed by atoms with Crippen LogP contribution in [0.15, 0.2) is 28.9 Å². The minimum Gasteiger partial charge on any atom is -0.394 e. The highest BCUT2D eigenvalue weighted by molar-refractivity contribution is 9.10. The number of aromatic nitrogens is 1. The Balaban J connectivity index is 1.74. The smallest absolute Gasteiger partial charge is 0.228 e. The lowest BCUT2D eigenvalue weighted by Gasteiger charge is -2.39. The van der Waals surface area contributed by atoms with Gasteiger partial charge in [0.25, 0.3) is 0 Å². The van der Waals surface area contributed by atoms with E-state index in [0.29, 0.717) is 6.54 Å². The number of aromatic amines is 1. The highest BCUT2D eigenvalue weighted by Gasteiger charge is 2.36. The number of carbonyl (C=O) groups excluding carboxylic acids is 1. The maximum atomic E-state index is 12.7. The summed E-state index contributed by atoms with van der Waals surface area (Å²) in [4.78, 5) is 18.4. The summed E-state index contributed by atoms with van der Waals surface area (Å²) >= 11 is 3.67. The number of hydrogen-bond acceptors (Lipinski definition) is 3. The molecule has 1 aromatic heterocycles. The second kappa shape index (κ2) is 6.83. The number of aliphatic hydroxyl groups is 1. The van der Waals surface area contributed by atoms with Gasteiger partial charge in [-0.3, -0.25) is 9.69 Å². The molecule has 3 atom stereocenters. The number of H-pyrrole nitrogens is 1. The third-order valence-electron chi connectivity index (χ3n) is 5.74. The number of benzene rings is 1. The zero-order valence-corrected chi connectivity index (χ0v) is 16.6. The Morgan fingerprint density at radius 3 is 3.04 bits per heavy atom. The standard InChI is InChI=1S/C20H24BrN3O2/c1-3-12(10-25)22-20(26)11-7-14-13-5-4-6-16-18(13)15(19(21)23-16)8-17(14)24(2)9-11/h4-7,11-12,17,23,25H,3,8-10H2,1-2H3,(H,22,26). The molecule has 26 heavy (non-hydrogen) atoms. The van der Waals surface area contributed by atoms with Gasteiger partial charge in [0.15, 0.2) is 0 Å². The summed E-state index contributed by atoms with van der Waals surface area (Å²) in [5, 5.41) is 13.6. The first-order valence-electron chi connectivity index (χ1n) is 9.16. The number of nitrogens with zero attached hydrogens (tertiary/aromatic N) is 1. The van der Waals surface area contributed by atoms with Crippen LogP contribution in [0.4, 0.5) is 0 Å². The second-order valence-corrected chi connectivity index (χ2v) is 8.12. The van der Waals surface area contributed by atoms with E-state index in [0.717, 1.165) is 23.0 Å². The van der Waals surface area contributed by atoms with E-state index in [2.05, 4.69) is 62.5 Å². The number of likely N-dealkylation sites (N-methyl/N-ethyl adjacent to an activating group) is 1. The van der Waals surface area contributed by atoms with Crippen molar-refractivity contribution in [1.29, 1.82) is 0 Å². The van der Waals surface area contributed by atoms with Crippen LogP contribution < -0.4 is 5.32 Å². The molecule has 0 radical (unpaired) electrons. The van der Waals surface area contributed by atoms with Crippen LogP contribution in [0.1, 0.15) is 24.5 Å². The largest absolute Gasteiger partial charge is 0.394 e. The third-order valence-corrected chi connectivity index (χ3v) is 6.41. The van der Waals surface area contributed by atoms with Crippen LogP contribution in [0.25, 0.3) is 16.5 Å². The van der Waals surface area contributed by atoms with E-state index in [1.54, 1.807) is 0 Å². The number of hydrogen-bond donors (Lipinski definition) is 3. The average molecular weight is 418 g/mol. The van der Waals surface area contributed by atoms with Gasteiger partial charge in [0.05, 0.1) is 23.2 Å². The van der Waals surface area contributed by atoms with Gasteiger partial charge < -0.3 is 15.4 Å². The van der Waals surface area contributed by atoms with Crippen LogP contribution in [-0.4, -0.2) is 53.2 Å². The van der Waals surface area contributed by atoms with Crippen LogP contribution in [-0.2, 0) is 11.2 Å². The van der Waals surface area contributed by atoms with Crippen LogP contribution >= 0.6 is 15.9 Å². The van der Waals surface area contributed by atoms with E-state index in [-0.39, 0.29) is 30.5 Å². The second-order valence-electron chi connectivity index (χ2n) is 7.33. The predicted molar refractivity (Wildman–Crippen MR) is 107 cm³/mol. The fraction of sp³-hybridized carbons (Fsp3) is 0.450. The predicted octanol–water partition coefficient (Wildman–Crippen LogP) is 2.69. The van der Waals surface area contributed by atoms with Crippen molar-refractivity contribution < 1.29 is 9.90 Å². The average Bonchev–Trinajstić information content (AvgIpc) is 2.97. The van der Waals surface area contributed by atoms with Gasteiger partial charge in [-0.25, -0.2) is 0 Å². The molecule has 0 bridgehead atoms. The molecule has 2 heterocycles. The summed E-state index contributed by atoms with van der Waals surface area (Å²) in [6.07, 6.45) is 3.80. The minimum atomic E-state index is -0.203. The first-order valence-corrected chi connectivity index (χ1v) is 9.95. The lowest BCUT2D eigenvalue weighted by atomic mass is 9.79. The van der Waals surface area contributed by atoms with Crippen molar-refractivity contribution in [1.82, 2.24) is 15.2 Å². The molecule has 1 aromatic carbocycles. The molecule has 6 heteroatoms. The van der Waals surface area contributed by atoms with Gasteiger partial charge in [0, 0.05) is 23.5 Å². The minimum absolute atomic E-state index is 0.00285. The molecule has 3 N–H and O–H groups in total. The summed E-state index contributed by atoms with van der Waals surface area (Å²) in [6.45, 7) is 2.63. The molecule has 3 unspecified atom stereocenters. The Kier molecular flexibility index (Phi) is 4.67. The van der Waals surface area contributed by atoms with Crippen LogP contribution in [0.2, 0.25) is 0 Å². The van der Waals surface area contributed by atoms with Crippen LogP contribution in [0.3, 0.4) is 0 Å². The van der Waals surface area contributed by atoms with Crippen molar-refractivity contribution in [3.63, 3.8) is 0 Å². The normalized spacial score (nSPS) is 23.5. The van der Waals surface area contributed by atoms with Gasteiger partial charge >= 0.3 is 0 Å². The number of amides is 1. The Morgan fingerprint density at radius 1 is 1.50 bits per heavy atom. The van der Waals surface area contributed by atoms with Crippen LogP contribution in [0.5, 0.6) is 0 Å². The number of nitrogens with one attached hydrogen (secondary N) is 2. The Bertz CT molecular complexity index is 885. The van der Waals surface area contributed by atoms with Gasteiger partial charge in [-0.15, -0.1) is 0 Å². The summed E-state index contributed by atoms with van der Waals surface area (Å²) in [5.74, 6) is -0.206. The van der Waals surface area contributed by atoms with Gasteiger partial charge in [-0.1, -0.05) is 25.1 Å². The van der Waals surface area contributed by atoms with E-state index < -0.39 is 0 Å². The molecule has 0 fully saturated rings. The number of carbonyl (C=O) groups is 1. The lowest BCUT2D eigenvalue weighted by Crippen LogP contribution is -2.48. The Morgan fingerprint density at radius 2 is 2.31 bits per heavy atom. The number of fused-ring (bicyclic) bond motifs is 2. The van der Waals surface area contributed by atoms with Crippen molar-refractivity contribution in [3.8, 4) is 0 Å². The first kappa shape index (κ1) is 17.8. The van der Waals surface area contributed by atoms with E-state index in [4.69, 9.17) is 0 Å². The van der Waals surface area contributed by atoms with Gasteiger partial charge in [0.1, 0.15) is 0 Å². The van der Waals surface area contributed by atoms with E-state index in [9.17, 15) is 9.90 Å². The highest BCUT2D eigenvalue weighted by Crippen LogP contribution is 2.43. The summed E-state index contributed by atoms with van der Waals surface area (Å²) in [6, 6.07) is 6.42. The van der Waals surface area contributed by atoms with E-state index in [1.165, 1.54) is 22.1 Å². The maximum Gasteiger partial charge on any atom is 0.228 e. The monoisotopic (exact) mass is 417 g/mol. The van der Waals surface area contributed by atoms with Gasteiger partial charge in [0.2, 0.25) is 5.91 Å². The molecule has 5 nitrogen and oxygen atoms in total. The molecule has 0 spiro atoms. The van der Waals surface area contributed by atoms with E-state index in [1.807, 2.05) is 6.92 Å². The molecule has 1 amide bonds. The quantitative estimate of drug-likeness (QED) is 0.715. The molecule has 4 rings (SSSR count). The molecular formula is C20H24BrN3O2. The maximum absolute atomic E-state index is 12.7. The summed E-state index contributed by atoms with van der Waals surface area (Å²) in [7, 11) is 2.09. The highest BCUT2D eigenvalue weighted by atomic mass is 79.9. The van der Waals surface area contributed by atoms with Crippen molar-refractivity contribution in [2.24, 2.45) is 5.92 Å². The zero-order chi connectivity index (χ0) is 18.4. The first-order chi connectivity index (χ1) is 12.5. The third kappa shape index (κ3) is 2.80. The molecule has 1 aliphatic carbocycles. The topological polar surface area (TPSA) is 68.4 Å². The lowest BCUT2D eigenvalue weighted by molar-refractivity contribution is -0.125. The molecule has 138 valence electrons. The molecule has 2 aliphatic rings. The summed E-state index contributed by atoms with van der Waals surface area (Å²) in [5.41, 5.74) is 4.90. The summed E-state index contributed by atoms with van der Waals surface area (Å²) < 4.78 is 1.06. The molecular weight excluding hydrogens is 394 g/mol. The fourth-order valence-electron chi connectivity index (χ4n) is 4.24. The van der Waals surface area contributed by atoms with Crippen molar-refractivity contribution in [2.45, 2.75) is 31.8 Å². The molecule has 2 aromatic rings. The molecule has 1 aliphatic heterocycles. The number of rotatable bonds is 4. The number of aliphatic hydroxyl groups excluding tert-OH is 1. The van der Waals surface area contributed by atoms with Gasteiger partial charge in [-0.2, -0.15) is 0 Å². The van der Waals surface area contributed by atoms with Gasteiger partial charge in [-0.05, 0) is 58.6 Å². The van der Waals surface area contributed by atoms with Crippen molar-refractivity contribution >= 4 is 38.3 Å². The fourth-order valence-corrected chi connectivity index (χ4v) is 4.82. The SMILES string of the molecule is CCC(CO)NC(=O)C1C=C2c3cccc4[nH]c(Br)c(c34)CC2N(C)C1. The number of halogens is 1.